The minimum atomic E-state index is -0.0857. The van der Waals surface area contributed by atoms with Crippen LogP contribution in [0.15, 0.2) is 28.6 Å². The topological polar surface area (TPSA) is 65.8 Å². The number of carbonyl (C=O) groups is 1. The zero-order valence-electron chi connectivity index (χ0n) is 14.2. The van der Waals surface area contributed by atoms with Crippen LogP contribution in [0.1, 0.15) is 29.3 Å². The van der Waals surface area contributed by atoms with E-state index in [9.17, 15) is 10.1 Å². The van der Waals surface area contributed by atoms with Gasteiger partial charge in [-0.05, 0) is 42.9 Å². The van der Waals surface area contributed by atoms with Gasteiger partial charge in [-0.3, -0.25) is 4.79 Å². The molecule has 1 amide bonds. The molecule has 4 rings (SSSR count). The van der Waals surface area contributed by atoms with Crippen molar-refractivity contribution in [1.29, 1.82) is 5.26 Å². The van der Waals surface area contributed by atoms with E-state index in [4.69, 9.17) is 0 Å². The van der Waals surface area contributed by atoms with Crippen molar-refractivity contribution in [2.45, 2.75) is 30.5 Å². The summed E-state index contributed by atoms with van der Waals surface area (Å²) in [7, 11) is 0. The van der Waals surface area contributed by atoms with Crippen molar-refractivity contribution in [1.82, 2.24) is 4.98 Å². The van der Waals surface area contributed by atoms with Crippen molar-refractivity contribution >= 4 is 55.6 Å². The summed E-state index contributed by atoms with van der Waals surface area (Å²) in [5, 5.41) is 13.2. The number of hydrogen-bond acceptors (Lipinski definition) is 6. The molecule has 0 spiro atoms. The molecule has 4 nitrogen and oxygen atoms in total. The molecule has 2 heterocycles. The Balaban J connectivity index is 1.44. The number of anilines is 1. The lowest BCUT2D eigenvalue weighted by molar-refractivity contribution is -0.113. The van der Waals surface area contributed by atoms with E-state index in [1.165, 1.54) is 16.6 Å². The first-order chi connectivity index (χ1) is 12.6. The Morgan fingerprint density at radius 1 is 1.42 bits per heavy atom. The van der Waals surface area contributed by atoms with Gasteiger partial charge in [0.05, 0.1) is 21.5 Å². The molecule has 0 saturated carbocycles. The van der Waals surface area contributed by atoms with Gasteiger partial charge in [-0.1, -0.05) is 30.8 Å². The van der Waals surface area contributed by atoms with Gasteiger partial charge in [0, 0.05) is 4.88 Å². The largest absolute Gasteiger partial charge is 0.316 e. The highest BCUT2D eigenvalue weighted by Crippen LogP contribution is 2.39. The van der Waals surface area contributed by atoms with E-state index in [0.717, 1.165) is 39.4 Å². The Morgan fingerprint density at radius 2 is 2.27 bits per heavy atom. The second-order valence-electron chi connectivity index (χ2n) is 6.45. The van der Waals surface area contributed by atoms with Crippen LogP contribution in [-0.4, -0.2) is 16.6 Å². The van der Waals surface area contributed by atoms with Gasteiger partial charge in [-0.25, -0.2) is 4.98 Å². The number of thioether (sulfide) groups is 1. The Labute approximate surface area is 164 Å². The molecule has 7 heteroatoms. The average molecular weight is 400 g/mol. The average Bonchev–Trinajstić information content (AvgIpc) is 3.19. The quantitative estimate of drug-likeness (QED) is 0.621. The number of thiazole rings is 1. The smallest absolute Gasteiger partial charge is 0.235 e. The second-order valence-corrected chi connectivity index (χ2v) is 9.81. The zero-order chi connectivity index (χ0) is 18.1. The molecule has 0 fully saturated rings. The first kappa shape index (κ1) is 17.5. The van der Waals surface area contributed by atoms with Crippen molar-refractivity contribution in [3.05, 3.63) is 40.3 Å². The van der Waals surface area contributed by atoms with Gasteiger partial charge in [-0.15, -0.1) is 22.7 Å². The SMILES string of the molecule is CC1CCc2c(sc(NC(=O)CSc3nc4ccccc4s3)c2C#N)C1. The van der Waals surface area contributed by atoms with Crippen LogP contribution in [0.4, 0.5) is 5.00 Å². The molecule has 2 aromatic heterocycles. The molecule has 1 aliphatic rings. The minimum absolute atomic E-state index is 0.0857. The van der Waals surface area contributed by atoms with E-state index in [2.05, 4.69) is 23.3 Å². The number of nitriles is 1. The monoisotopic (exact) mass is 399 g/mol. The molecule has 1 aliphatic carbocycles. The highest BCUT2D eigenvalue weighted by atomic mass is 32.2. The Kier molecular flexibility index (Phi) is 4.98. The summed E-state index contributed by atoms with van der Waals surface area (Å²) < 4.78 is 2.02. The lowest BCUT2D eigenvalue weighted by atomic mass is 9.89. The van der Waals surface area contributed by atoms with E-state index >= 15 is 0 Å². The lowest BCUT2D eigenvalue weighted by Crippen LogP contribution is -2.14. The fraction of sp³-hybridized carbons (Fsp3) is 0.316. The summed E-state index contributed by atoms with van der Waals surface area (Å²) in [4.78, 5) is 18.2. The molecule has 0 saturated heterocycles. The molecular weight excluding hydrogens is 382 g/mol. The van der Waals surface area contributed by atoms with Gasteiger partial charge in [0.25, 0.3) is 0 Å². The Morgan fingerprint density at radius 3 is 3.08 bits per heavy atom. The number of fused-ring (bicyclic) bond motifs is 2. The maximum atomic E-state index is 12.4. The number of aromatic nitrogens is 1. The fourth-order valence-corrected chi connectivity index (χ4v) is 6.41. The third-order valence-electron chi connectivity index (χ3n) is 4.48. The van der Waals surface area contributed by atoms with E-state index in [1.807, 2.05) is 24.3 Å². The van der Waals surface area contributed by atoms with Gasteiger partial charge in [0.1, 0.15) is 11.1 Å². The predicted molar refractivity (Wildman–Crippen MR) is 109 cm³/mol. The third-order valence-corrected chi connectivity index (χ3v) is 7.83. The van der Waals surface area contributed by atoms with Crippen molar-refractivity contribution in [2.24, 2.45) is 5.92 Å². The van der Waals surface area contributed by atoms with Gasteiger partial charge in [0.15, 0.2) is 4.34 Å². The van der Waals surface area contributed by atoms with E-state index < -0.39 is 0 Å². The molecule has 1 unspecified atom stereocenters. The van der Waals surface area contributed by atoms with Crippen LogP contribution in [0.25, 0.3) is 10.2 Å². The summed E-state index contributed by atoms with van der Waals surface area (Å²) in [6.07, 6.45) is 3.05. The normalized spacial score (nSPS) is 16.2. The predicted octanol–water partition coefficient (Wildman–Crippen LogP) is 5.09. The number of rotatable bonds is 4. The third kappa shape index (κ3) is 3.50. The summed E-state index contributed by atoms with van der Waals surface area (Å²) in [6, 6.07) is 10.3. The van der Waals surface area contributed by atoms with E-state index in [0.29, 0.717) is 22.2 Å². The first-order valence-electron chi connectivity index (χ1n) is 8.47. The number of carbonyl (C=O) groups excluding carboxylic acids is 1. The number of benzene rings is 1. The molecule has 1 N–H and O–H groups in total. The zero-order valence-corrected chi connectivity index (χ0v) is 16.7. The molecule has 26 heavy (non-hydrogen) atoms. The fourth-order valence-electron chi connectivity index (χ4n) is 3.16. The number of nitrogens with one attached hydrogen (secondary N) is 1. The highest BCUT2D eigenvalue weighted by molar-refractivity contribution is 8.01. The van der Waals surface area contributed by atoms with Crippen LogP contribution in [0.2, 0.25) is 0 Å². The van der Waals surface area contributed by atoms with Gasteiger partial charge >= 0.3 is 0 Å². The Bertz CT molecular complexity index is 982. The van der Waals surface area contributed by atoms with E-state index in [1.54, 1.807) is 22.7 Å². The first-order valence-corrected chi connectivity index (χ1v) is 11.1. The number of amides is 1. The standard InChI is InChI=1S/C19H17N3OS3/c1-11-6-7-12-13(9-20)18(25-16(12)8-11)22-17(23)10-24-19-21-14-4-2-3-5-15(14)26-19/h2-5,11H,6-8,10H2,1H3,(H,22,23). The van der Waals surface area contributed by atoms with Gasteiger partial charge < -0.3 is 5.32 Å². The van der Waals surface area contributed by atoms with Crippen molar-refractivity contribution in [2.75, 3.05) is 11.1 Å². The van der Waals surface area contributed by atoms with Crippen LogP contribution in [0.3, 0.4) is 0 Å². The second kappa shape index (κ2) is 7.39. The maximum absolute atomic E-state index is 12.4. The molecule has 1 atom stereocenters. The van der Waals surface area contributed by atoms with E-state index in [-0.39, 0.29) is 5.91 Å². The number of para-hydroxylation sites is 1. The van der Waals surface area contributed by atoms with Crippen LogP contribution in [0.5, 0.6) is 0 Å². The maximum Gasteiger partial charge on any atom is 0.235 e. The van der Waals surface area contributed by atoms with Crippen LogP contribution in [-0.2, 0) is 17.6 Å². The Hall–Kier alpha value is -1.88. The van der Waals surface area contributed by atoms with Gasteiger partial charge in [-0.2, -0.15) is 5.26 Å². The summed E-state index contributed by atoms with van der Waals surface area (Å²) >= 11 is 4.60. The molecule has 132 valence electrons. The molecule has 0 radical (unpaired) electrons. The molecule has 0 bridgehead atoms. The lowest BCUT2D eigenvalue weighted by Gasteiger charge is -2.17. The number of thiophene rings is 1. The highest BCUT2D eigenvalue weighted by Gasteiger charge is 2.24. The van der Waals surface area contributed by atoms with Crippen molar-refractivity contribution in [3.63, 3.8) is 0 Å². The van der Waals surface area contributed by atoms with Crippen molar-refractivity contribution < 1.29 is 4.79 Å². The van der Waals surface area contributed by atoms with Crippen LogP contribution in [0, 0.1) is 17.2 Å². The van der Waals surface area contributed by atoms with Crippen molar-refractivity contribution in [3.8, 4) is 6.07 Å². The van der Waals surface area contributed by atoms with Crippen LogP contribution < -0.4 is 5.32 Å². The number of nitrogens with zero attached hydrogens (tertiary/aromatic N) is 2. The van der Waals surface area contributed by atoms with Gasteiger partial charge in [0.2, 0.25) is 5.91 Å². The number of hydrogen-bond donors (Lipinski definition) is 1. The molecule has 1 aromatic carbocycles. The summed E-state index contributed by atoms with van der Waals surface area (Å²) in [5.74, 6) is 0.854. The minimum Gasteiger partial charge on any atom is -0.316 e. The summed E-state index contributed by atoms with van der Waals surface area (Å²) in [6.45, 7) is 2.24. The molecule has 3 aromatic rings. The molecular formula is C19H17N3OS3. The summed E-state index contributed by atoms with van der Waals surface area (Å²) in [5.41, 5.74) is 2.77. The van der Waals surface area contributed by atoms with Crippen LogP contribution >= 0.6 is 34.4 Å². The molecule has 0 aliphatic heterocycles.